The van der Waals surface area contributed by atoms with Crippen LogP contribution in [0.25, 0.3) is 43.9 Å². The van der Waals surface area contributed by atoms with E-state index in [4.69, 9.17) is 24.5 Å². The zero-order valence-corrected chi connectivity index (χ0v) is 28.1. The molecule has 12 heteroatoms. The minimum Gasteiger partial charge on any atom is -0.490 e. The molecular weight excluding hydrogens is 634 g/mol. The Balaban J connectivity index is 1.49. The van der Waals surface area contributed by atoms with Crippen LogP contribution in [0.3, 0.4) is 0 Å². The monoisotopic (exact) mass is 670 g/mol. The van der Waals surface area contributed by atoms with E-state index in [0.29, 0.717) is 35.7 Å². The average Bonchev–Trinajstić information content (AvgIpc) is 3.74. The number of rotatable bonds is 8. The molecule has 0 radical (unpaired) electrons. The van der Waals surface area contributed by atoms with Crippen LogP contribution < -0.4 is 4.74 Å². The zero-order valence-electron chi connectivity index (χ0n) is 27.3. The van der Waals surface area contributed by atoms with Gasteiger partial charge in [0.05, 0.1) is 36.1 Å². The second-order valence-corrected chi connectivity index (χ2v) is 13.1. The largest absolute Gasteiger partial charge is 0.490 e. The molecule has 48 heavy (non-hydrogen) atoms. The SMILES string of the molecule is C=CC(=O)N1CCn2nc(-c3nc(-c4cnc5c(c4)C(C)N(C)CC5)c4ccsc4c3-c3c(F)cc(F)cc3OCCOC)cc2C1C. The molecule has 4 aromatic heterocycles. The number of hydrogen-bond donors (Lipinski definition) is 0. The lowest BCUT2D eigenvalue weighted by Crippen LogP contribution is -2.40. The fourth-order valence-corrected chi connectivity index (χ4v) is 7.71. The van der Waals surface area contributed by atoms with Crippen LogP contribution in [0.1, 0.15) is 42.9 Å². The van der Waals surface area contributed by atoms with Crippen LogP contribution in [-0.4, -0.2) is 75.9 Å². The van der Waals surface area contributed by atoms with Crippen LogP contribution in [0.4, 0.5) is 8.78 Å². The summed E-state index contributed by atoms with van der Waals surface area (Å²) in [5.41, 5.74) is 6.02. The van der Waals surface area contributed by atoms with Crippen molar-refractivity contribution in [3.63, 3.8) is 0 Å². The smallest absolute Gasteiger partial charge is 0.246 e. The topological polar surface area (TPSA) is 85.6 Å². The van der Waals surface area contributed by atoms with E-state index >= 15 is 4.39 Å². The van der Waals surface area contributed by atoms with Crippen molar-refractivity contribution in [2.24, 2.45) is 0 Å². The van der Waals surface area contributed by atoms with E-state index in [1.807, 2.05) is 35.3 Å². The number of pyridine rings is 2. The summed E-state index contributed by atoms with van der Waals surface area (Å²) >= 11 is 1.44. The van der Waals surface area contributed by atoms with E-state index in [-0.39, 0.29) is 42.5 Å². The van der Waals surface area contributed by atoms with Gasteiger partial charge >= 0.3 is 0 Å². The Morgan fingerprint density at radius 2 is 1.92 bits per heavy atom. The fourth-order valence-electron chi connectivity index (χ4n) is 6.76. The first kappa shape index (κ1) is 32.0. The molecule has 2 aliphatic heterocycles. The van der Waals surface area contributed by atoms with Gasteiger partial charge in [-0.1, -0.05) is 6.58 Å². The van der Waals surface area contributed by atoms with E-state index in [0.717, 1.165) is 51.6 Å². The van der Waals surface area contributed by atoms with Gasteiger partial charge in [0.2, 0.25) is 5.91 Å². The summed E-state index contributed by atoms with van der Waals surface area (Å²) in [6.45, 7) is 9.98. The quantitative estimate of drug-likeness (QED) is 0.132. The maximum atomic E-state index is 16.1. The van der Waals surface area contributed by atoms with Gasteiger partial charge in [0.1, 0.15) is 35.4 Å². The predicted molar refractivity (Wildman–Crippen MR) is 182 cm³/mol. The third-order valence-corrected chi connectivity index (χ3v) is 10.4. The third-order valence-electron chi connectivity index (χ3n) is 9.47. The number of halogens is 2. The molecule has 248 valence electrons. The maximum absolute atomic E-state index is 16.1. The number of amides is 1. The highest BCUT2D eigenvalue weighted by molar-refractivity contribution is 7.18. The molecule has 7 rings (SSSR count). The predicted octanol–water partition coefficient (Wildman–Crippen LogP) is 6.83. The number of benzene rings is 1. The average molecular weight is 671 g/mol. The highest BCUT2D eigenvalue weighted by atomic mass is 32.1. The third kappa shape index (κ3) is 5.47. The fraction of sp³-hybridized carbons (Fsp3) is 0.333. The molecule has 5 aromatic rings. The number of carbonyl (C=O) groups is 1. The van der Waals surface area contributed by atoms with Crippen molar-refractivity contribution in [3.05, 3.63) is 83.1 Å². The van der Waals surface area contributed by atoms with Crippen LogP contribution in [0, 0.1) is 11.6 Å². The van der Waals surface area contributed by atoms with Gasteiger partial charge in [0, 0.05) is 77.9 Å². The molecule has 0 aliphatic carbocycles. The van der Waals surface area contributed by atoms with Gasteiger partial charge < -0.3 is 14.4 Å². The van der Waals surface area contributed by atoms with Gasteiger partial charge in [-0.2, -0.15) is 5.10 Å². The lowest BCUT2D eigenvalue weighted by atomic mass is 9.94. The summed E-state index contributed by atoms with van der Waals surface area (Å²) in [6, 6.07) is 7.98. The van der Waals surface area contributed by atoms with Crippen molar-refractivity contribution in [1.82, 2.24) is 29.5 Å². The van der Waals surface area contributed by atoms with Crippen molar-refractivity contribution in [1.29, 1.82) is 0 Å². The van der Waals surface area contributed by atoms with E-state index in [2.05, 4.69) is 31.5 Å². The molecule has 0 spiro atoms. The molecule has 0 N–H and O–H groups in total. The van der Waals surface area contributed by atoms with Crippen LogP contribution >= 0.6 is 11.3 Å². The molecule has 0 fully saturated rings. The van der Waals surface area contributed by atoms with Gasteiger partial charge in [-0.15, -0.1) is 11.3 Å². The van der Waals surface area contributed by atoms with Crippen LogP contribution in [0.2, 0.25) is 0 Å². The van der Waals surface area contributed by atoms with Gasteiger partial charge in [0.25, 0.3) is 0 Å². The summed E-state index contributed by atoms with van der Waals surface area (Å²) in [5, 5.41) is 7.71. The van der Waals surface area contributed by atoms with Crippen LogP contribution in [0.15, 0.2) is 54.6 Å². The lowest BCUT2D eigenvalue weighted by molar-refractivity contribution is -0.129. The highest BCUT2D eigenvalue weighted by Crippen LogP contribution is 2.47. The number of methoxy groups -OCH3 is 1. The Labute approximate surface area is 281 Å². The van der Waals surface area contributed by atoms with Gasteiger partial charge in [-0.25, -0.2) is 13.8 Å². The van der Waals surface area contributed by atoms with Gasteiger partial charge in [-0.05, 0) is 56.1 Å². The number of aromatic nitrogens is 4. The minimum atomic E-state index is -0.777. The number of nitrogens with zero attached hydrogens (tertiary/aromatic N) is 6. The summed E-state index contributed by atoms with van der Waals surface area (Å²) in [4.78, 5) is 26.8. The second-order valence-electron chi connectivity index (χ2n) is 12.2. The van der Waals surface area contributed by atoms with Crippen molar-refractivity contribution in [2.75, 3.05) is 40.5 Å². The van der Waals surface area contributed by atoms with E-state index in [1.54, 1.807) is 4.90 Å². The van der Waals surface area contributed by atoms with Gasteiger partial charge in [-0.3, -0.25) is 19.4 Å². The number of ether oxygens (including phenoxy) is 2. The number of carbonyl (C=O) groups excluding carboxylic acids is 1. The minimum absolute atomic E-state index is 0.0439. The molecule has 2 atom stereocenters. The highest BCUT2D eigenvalue weighted by Gasteiger charge is 2.32. The first-order valence-electron chi connectivity index (χ1n) is 15.9. The first-order chi connectivity index (χ1) is 23.2. The van der Waals surface area contributed by atoms with Crippen LogP contribution in [-0.2, 0) is 22.5 Å². The Morgan fingerprint density at radius 1 is 1.08 bits per heavy atom. The molecule has 1 aromatic carbocycles. The van der Waals surface area contributed by atoms with E-state index < -0.39 is 11.6 Å². The van der Waals surface area contributed by atoms with Crippen molar-refractivity contribution < 1.29 is 23.0 Å². The molecular formula is C36H36F2N6O3S. The molecule has 0 saturated heterocycles. The van der Waals surface area contributed by atoms with Gasteiger partial charge in [0.15, 0.2) is 0 Å². The number of likely N-dealkylation sites (N-methyl/N-ethyl adjacent to an activating group) is 1. The Kier molecular flexibility index (Phi) is 8.57. The zero-order chi connectivity index (χ0) is 33.7. The molecule has 1 amide bonds. The number of fused-ring (bicyclic) bond motifs is 3. The summed E-state index contributed by atoms with van der Waals surface area (Å²) in [7, 11) is 3.64. The number of thiophene rings is 1. The molecule has 0 saturated carbocycles. The summed E-state index contributed by atoms with van der Waals surface area (Å²) in [6.07, 6.45) is 4.03. The normalized spacial score (nSPS) is 17.8. The van der Waals surface area contributed by atoms with Crippen molar-refractivity contribution >= 4 is 27.3 Å². The van der Waals surface area contributed by atoms with Crippen LogP contribution in [0.5, 0.6) is 5.75 Å². The van der Waals surface area contributed by atoms with Crippen molar-refractivity contribution in [3.8, 4) is 39.5 Å². The molecule has 6 heterocycles. The first-order valence-corrected chi connectivity index (χ1v) is 16.8. The van der Waals surface area contributed by atoms with E-state index in [9.17, 15) is 9.18 Å². The Bertz CT molecular complexity index is 2060. The lowest BCUT2D eigenvalue weighted by Gasteiger charge is -2.33. The number of hydrogen-bond acceptors (Lipinski definition) is 8. The maximum Gasteiger partial charge on any atom is 0.246 e. The standard InChI is InChI=1S/C36H36F2N6O3S/c1-6-31(45)43-10-11-44-29(21(43)3)18-28(41-44)35-33(32-26(38)16-23(37)17-30(32)47-13-12-46-5)36-24(8-14-48-36)34(40-35)22-15-25-20(2)42(4)9-7-27(25)39-19-22/h6,8,14-21H,1,7,9-13H2,2-5H3. The summed E-state index contributed by atoms with van der Waals surface area (Å²) in [5.74, 6) is -1.65. The summed E-state index contributed by atoms with van der Waals surface area (Å²) < 4.78 is 44.5. The molecule has 2 unspecified atom stereocenters. The molecule has 9 nitrogen and oxygen atoms in total. The molecule has 2 aliphatic rings. The Hall–Kier alpha value is -4.52. The molecule has 0 bridgehead atoms. The Morgan fingerprint density at radius 3 is 2.71 bits per heavy atom. The van der Waals surface area contributed by atoms with Crippen molar-refractivity contribution in [2.45, 2.75) is 38.9 Å². The van der Waals surface area contributed by atoms with E-state index in [1.165, 1.54) is 30.6 Å². The second kappa shape index (κ2) is 12.8.